The van der Waals surface area contributed by atoms with Gasteiger partial charge < -0.3 is 0 Å². The average molecular weight is 284 g/mol. The molecule has 2 aromatic carbocycles. The van der Waals surface area contributed by atoms with Gasteiger partial charge >= 0.3 is 0 Å². The molecule has 0 bridgehead atoms. The Morgan fingerprint density at radius 2 is 1.53 bits per heavy atom. The summed E-state index contributed by atoms with van der Waals surface area (Å²) in [5.74, 6) is 2.48. The van der Waals surface area contributed by atoms with Crippen LogP contribution in [0.3, 0.4) is 0 Å². The van der Waals surface area contributed by atoms with Crippen LogP contribution in [0.1, 0.15) is 19.3 Å². The maximum absolute atomic E-state index is 2.48. The molecule has 0 spiro atoms. The van der Waals surface area contributed by atoms with Gasteiger partial charge in [-0.1, -0.05) is 68.3 Å². The molecule has 2 aromatic rings. The van der Waals surface area contributed by atoms with Gasteiger partial charge in [-0.3, -0.25) is 0 Å². The molecule has 19 heavy (non-hydrogen) atoms. The Hall–Kier alpha value is -0.960. The Morgan fingerprint density at radius 1 is 0.789 bits per heavy atom. The van der Waals surface area contributed by atoms with Crippen molar-refractivity contribution in [2.24, 2.45) is 0 Å². The number of rotatable bonds is 2. The van der Waals surface area contributed by atoms with Crippen LogP contribution in [-0.4, -0.2) is 12.0 Å². The predicted octanol–water partition coefficient (Wildman–Crippen LogP) is 5.31. The third kappa shape index (κ3) is 3.33. The summed E-state index contributed by atoms with van der Waals surface area (Å²) in [7, 11) is 1.61. The summed E-state index contributed by atoms with van der Waals surface area (Å²) in [5, 5.41) is 1.56. The first-order chi connectivity index (χ1) is 9.43. The van der Waals surface area contributed by atoms with Crippen molar-refractivity contribution in [1.82, 2.24) is 0 Å². The summed E-state index contributed by atoms with van der Waals surface area (Å²) in [6, 6.07) is 19.9. The molecule has 3 rings (SSSR count). The first-order valence-corrected chi connectivity index (χ1v) is 10.1. The fourth-order valence-corrected chi connectivity index (χ4v) is 6.89. The normalized spacial score (nSPS) is 19.9. The molecule has 0 aromatic heterocycles. The van der Waals surface area contributed by atoms with E-state index in [-0.39, 0.29) is 7.61 Å². The molecule has 96 valence electrons. The van der Waals surface area contributed by atoms with E-state index in [0.29, 0.717) is 0 Å². The second kappa shape index (κ2) is 6.47. The maximum atomic E-state index is 2.48. The number of benzene rings is 2. The fraction of sp³-hybridized carbons (Fsp3) is 0.235. The lowest BCUT2D eigenvalue weighted by Gasteiger charge is -2.12. The highest BCUT2D eigenvalue weighted by Gasteiger charge is 2.10. The second-order valence-corrected chi connectivity index (χ2v) is 9.33. The highest BCUT2D eigenvalue weighted by Crippen LogP contribution is 2.50. The SMILES string of the molecule is C1=PP(c2ccc(-c3ccccc3)cc2)CCCC1. The van der Waals surface area contributed by atoms with Crippen molar-refractivity contribution < 1.29 is 0 Å². The van der Waals surface area contributed by atoms with Gasteiger partial charge in [-0.2, -0.15) is 0 Å². The van der Waals surface area contributed by atoms with E-state index < -0.39 is 0 Å². The first kappa shape index (κ1) is 13.0. The van der Waals surface area contributed by atoms with E-state index in [9.17, 15) is 0 Å². The van der Waals surface area contributed by atoms with Crippen molar-refractivity contribution >= 4 is 26.6 Å². The van der Waals surface area contributed by atoms with Crippen LogP contribution in [0.5, 0.6) is 0 Å². The van der Waals surface area contributed by atoms with Gasteiger partial charge in [0.05, 0.1) is 0 Å². The van der Waals surface area contributed by atoms with Gasteiger partial charge in [0.1, 0.15) is 0 Å². The van der Waals surface area contributed by atoms with Gasteiger partial charge in [-0.05, 0) is 49.5 Å². The zero-order chi connectivity index (χ0) is 12.9. The lowest BCUT2D eigenvalue weighted by molar-refractivity contribution is 0.856. The quantitative estimate of drug-likeness (QED) is 0.656. The molecule has 0 amide bonds. The van der Waals surface area contributed by atoms with Gasteiger partial charge in [0.2, 0.25) is 0 Å². The molecule has 0 saturated carbocycles. The van der Waals surface area contributed by atoms with Gasteiger partial charge in [0.15, 0.2) is 0 Å². The zero-order valence-corrected chi connectivity index (χ0v) is 12.8. The molecule has 0 saturated heterocycles. The monoisotopic (exact) mass is 284 g/mol. The summed E-state index contributed by atoms with van der Waals surface area (Å²) in [6.07, 6.45) is 5.49. The van der Waals surface area contributed by atoms with Crippen LogP contribution in [0.15, 0.2) is 54.6 Å². The van der Waals surface area contributed by atoms with Gasteiger partial charge in [0.25, 0.3) is 0 Å². The van der Waals surface area contributed by atoms with Gasteiger partial charge in [-0.25, -0.2) is 0 Å². The third-order valence-electron chi connectivity index (χ3n) is 3.45. The van der Waals surface area contributed by atoms with Crippen molar-refractivity contribution in [3.05, 3.63) is 54.6 Å². The van der Waals surface area contributed by atoms with E-state index in [1.54, 1.807) is 13.2 Å². The molecule has 1 aliphatic heterocycles. The van der Waals surface area contributed by atoms with E-state index in [2.05, 4.69) is 60.4 Å². The second-order valence-electron chi connectivity index (χ2n) is 4.83. The van der Waals surface area contributed by atoms with E-state index in [0.717, 1.165) is 0 Å². The Kier molecular flexibility index (Phi) is 4.44. The smallest absolute Gasteiger partial charge is 0.0155 e. The van der Waals surface area contributed by atoms with Crippen molar-refractivity contribution in [3.63, 3.8) is 0 Å². The summed E-state index contributed by atoms with van der Waals surface area (Å²) in [6.45, 7) is 0. The molecule has 1 atom stereocenters. The molecular formula is C17H18P2. The molecule has 0 fully saturated rings. The molecule has 2 heteroatoms. The lowest BCUT2D eigenvalue weighted by atomic mass is 10.1. The molecule has 1 heterocycles. The van der Waals surface area contributed by atoms with Crippen molar-refractivity contribution in [3.8, 4) is 11.1 Å². The Morgan fingerprint density at radius 3 is 2.32 bits per heavy atom. The van der Waals surface area contributed by atoms with Crippen LogP contribution in [0, 0.1) is 0 Å². The molecule has 1 aliphatic rings. The Labute approximate surface area is 118 Å². The molecule has 1 unspecified atom stereocenters. The highest BCUT2D eigenvalue weighted by molar-refractivity contribution is 8.24. The minimum absolute atomic E-state index is 0.0419. The van der Waals surface area contributed by atoms with Crippen LogP contribution < -0.4 is 5.30 Å². The summed E-state index contributed by atoms with van der Waals surface area (Å²) in [4.78, 5) is 0. The third-order valence-corrected chi connectivity index (χ3v) is 8.40. The zero-order valence-electron chi connectivity index (χ0n) is 11.0. The van der Waals surface area contributed by atoms with Crippen LogP contribution in [0.4, 0.5) is 0 Å². The molecule has 0 radical (unpaired) electrons. The maximum Gasteiger partial charge on any atom is -0.0155 e. The Balaban J connectivity index is 1.82. The van der Waals surface area contributed by atoms with Crippen LogP contribution >= 0.6 is 15.5 Å². The van der Waals surface area contributed by atoms with Crippen molar-refractivity contribution in [2.75, 3.05) is 6.16 Å². The first-order valence-electron chi connectivity index (χ1n) is 6.89. The predicted molar refractivity (Wildman–Crippen MR) is 90.1 cm³/mol. The van der Waals surface area contributed by atoms with Crippen LogP contribution in [0.2, 0.25) is 0 Å². The summed E-state index contributed by atoms with van der Waals surface area (Å²) in [5.41, 5.74) is 2.64. The topological polar surface area (TPSA) is 0 Å². The minimum atomic E-state index is 0.0419. The molecular weight excluding hydrogens is 266 g/mol. The summed E-state index contributed by atoms with van der Waals surface area (Å²) >= 11 is 0. The molecule has 0 aliphatic carbocycles. The fourth-order valence-electron chi connectivity index (χ4n) is 2.36. The molecule has 0 nitrogen and oxygen atoms in total. The standard InChI is InChI=1S/C17H18P2/c1-3-7-15(8-4-1)16-9-11-17(12-10-16)19-14-6-2-5-13-18-19/h1,3-4,7-13H,2,5-6,14H2. The number of hydrogen-bond donors (Lipinski definition) is 0. The van der Waals surface area contributed by atoms with Crippen molar-refractivity contribution in [2.45, 2.75) is 19.3 Å². The van der Waals surface area contributed by atoms with Gasteiger partial charge in [0, 0.05) is 0 Å². The lowest BCUT2D eigenvalue weighted by Crippen LogP contribution is -1.98. The van der Waals surface area contributed by atoms with Crippen LogP contribution in [-0.2, 0) is 0 Å². The van der Waals surface area contributed by atoms with E-state index in [1.165, 1.54) is 36.6 Å². The minimum Gasteiger partial charge on any atom is -0.0755 e. The Bertz CT molecular complexity index is 543. The van der Waals surface area contributed by atoms with Crippen LogP contribution in [0.25, 0.3) is 11.1 Å². The average Bonchev–Trinajstić information content (AvgIpc) is 2.77. The van der Waals surface area contributed by atoms with Gasteiger partial charge in [-0.15, -0.1) is 0 Å². The summed E-state index contributed by atoms with van der Waals surface area (Å²) < 4.78 is 0. The largest absolute Gasteiger partial charge is 0.0755 e. The highest BCUT2D eigenvalue weighted by atomic mass is 32.0. The van der Waals surface area contributed by atoms with E-state index in [1.807, 2.05) is 0 Å². The van der Waals surface area contributed by atoms with Crippen molar-refractivity contribution in [1.29, 1.82) is 0 Å². The number of hydrogen-bond acceptors (Lipinski definition) is 0. The van der Waals surface area contributed by atoms with E-state index >= 15 is 0 Å². The molecule has 0 N–H and O–H groups in total. The van der Waals surface area contributed by atoms with E-state index in [4.69, 9.17) is 0 Å².